The maximum Gasteiger partial charge on any atom is 0.211 e. The first kappa shape index (κ1) is 18.1. The highest BCUT2D eigenvalue weighted by Crippen LogP contribution is 2.31. The number of hydrogen-bond donors (Lipinski definition) is 2. The molecule has 0 aliphatic rings. The van der Waals surface area contributed by atoms with Gasteiger partial charge in [0.15, 0.2) is 0 Å². The molecule has 0 atom stereocenters. The average Bonchev–Trinajstić information content (AvgIpc) is 3.18. The molecule has 0 bridgehead atoms. The molecule has 3 heterocycles. The highest BCUT2D eigenvalue weighted by molar-refractivity contribution is 7.15. The van der Waals surface area contributed by atoms with Crippen molar-refractivity contribution in [1.82, 2.24) is 20.2 Å². The standard InChI is InChI=1S/C20H20N6OS/c1-12(2)19-25-26-20(28-19)24-17-9-8-14-18(23-17)15(10-11-21-14)22-13-6-4-5-7-16(13)27-3/h4-12H,1-3H3,(H,21,22)(H,23,24,26). The lowest BCUT2D eigenvalue weighted by molar-refractivity contribution is 0.417. The Kier molecular flexibility index (Phi) is 5.03. The summed E-state index contributed by atoms with van der Waals surface area (Å²) in [7, 11) is 1.65. The van der Waals surface area contributed by atoms with Crippen LogP contribution in [0.3, 0.4) is 0 Å². The van der Waals surface area contributed by atoms with E-state index < -0.39 is 0 Å². The van der Waals surface area contributed by atoms with E-state index in [0.29, 0.717) is 11.7 Å². The smallest absolute Gasteiger partial charge is 0.211 e. The zero-order chi connectivity index (χ0) is 19.5. The lowest BCUT2D eigenvalue weighted by Gasteiger charge is -2.12. The molecule has 0 aliphatic heterocycles. The van der Waals surface area contributed by atoms with Crippen LogP contribution in [-0.2, 0) is 0 Å². The van der Waals surface area contributed by atoms with Crippen molar-refractivity contribution in [3.63, 3.8) is 0 Å². The first-order valence-corrected chi connectivity index (χ1v) is 9.72. The molecule has 4 aromatic rings. The highest BCUT2D eigenvalue weighted by Gasteiger charge is 2.11. The fraction of sp³-hybridized carbons (Fsp3) is 0.200. The third kappa shape index (κ3) is 3.72. The van der Waals surface area contributed by atoms with E-state index in [9.17, 15) is 0 Å². The monoisotopic (exact) mass is 392 g/mol. The molecule has 0 aliphatic carbocycles. The Hall–Kier alpha value is -3.26. The van der Waals surface area contributed by atoms with Gasteiger partial charge in [-0.25, -0.2) is 4.98 Å². The molecule has 7 nitrogen and oxygen atoms in total. The van der Waals surface area contributed by atoms with Gasteiger partial charge < -0.3 is 15.4 Å². The molecular weight excluding hydrogens is 372 g/mol. The van der Waals surface area contributed by atoms with Crippen LogP contribution < -0.4 is 15.4 Å². The normalized spacial score (nSPS) is 11.0. The number of para-hydroxylation sites is 2. The van der Waals surface area contributed by atoms with E-state index in [1.165, 1.54) is 11.3 Å². The van der Waals surface area contributed by atoms with Crippen LogP contribution in [0.15, 0.2) is 48.7 Å². The summed E-state index contributed by atoms with van der Waals surface area (Å²) in [5, 5.41) is 16.7. The van der Waals surface area contributed by atoms with E-state index in [-0.39, 0.29) is 0 Å². The number of aromatic nitrogens is 4. The third-order valence-electron chi connectivity index (χ3n) is 4.13. The van der Waals surface area contributed by atoms with Crippen LogP contribution in [-0.4, -0.2) is 27.3 Å². The SMILES string of the molecule is COc1ccccc1Nc1ccnc2ccc(Nc3nnc(C(C)C)s3)nc12. The number of benzene rings is 1. The molecule has 4 rings (SSSR count). The average molecular weight is 392 g/mol. The largest absolute Gasteiger partial charge is 0.495 e. The van der Waals surface area contributed by atoms with Gasteiger partial charge in [-0.3, -0.25) is 4.98 Å². The zero-order valence-electron chi connectivity index (χ0n) is 15.8. The molecule has 0 radical (unpaired) electrons. The Bertz CT molecular complexity index is 1110. The maximum atomic E-state index is 5.43. The number of methoxy groups -OCH3 is 1. The van der Waals surface area contributed by atoms with Gasteiger partial charge in [0.05, 0.1) is 24.0 Å². The molecule has 0 fully saturated rings. The lowest BCUT2D eigenvalue weighted by Crippen LogP contribution is -1.99. The lowest BCUT2D eigenvalue weighted by atomic mass is 10.2. The van der Waals surface area contributed by atoms with Gasteiger partial charge >= 0.3 is 0 Å². The summed E-state index contributed by atoms with van der Waals surface area (Å²) >= 11 is 1.53. The predicted molar refractivity (Wildman–Crippen MR) is 113 cm³/mol. The number of pyridine rings is 2. The highest BCUT2D eigenvalue weighted by atomic mass is 32.1. The van der Waals surface area contributed by atoms with Crippen LogP contribution in [0.25, 0.3) is 11.0 Å². The van der Waals surface area contributed by atoms with Crippen molar-refractivity contribution in [2.45, 2.75) is 19.8 Å². The fourth-order valence-electron chi connectivity index (χ4n) is 2.72. The van der Waals surface area contributed by atoms with Crippen molar-refractivity contribution in [3.8, 4) is 5.75 Å². The van der Waals surface area contributed by atoms with Gasteiger partial charge in [-0.2, -0.15) is 0 Å². The quantitative estimate of drug-likeness (QED) is 0.472. The molecule has 0 amide bonds. The van der Waals surface area contributed by atoms with Crippen molar-refractivity contribution >= 4 is 44.7 Å². The maximum absolute atomic E-state index is 5.43. The molecule has 0 spiro atoms. The van der Waals surface area contributed by atoms with Crippen molar-refractivity contribution < 1.29 is 4.74 Å². The van der Waals surface area contributed by atoms with Crippen molar-refractivity contribution in [3.05, 3.63) is 53.7 Å². The number of rotatable bonds is 6. The summed E-state index contributed by atoms with van der Waals surface area (Å²) in [5.74, 6) is 1.80. The number of fused-ring (bicyclic) bond motifs is 1. The van der Waals surface area contributed by atoms with E-state index in [4.69, 9.17) is 9.72 Å². The molecule has 142 valence electrons. The Morgan fingerprint density at radius 1 is 0.964 bits per heavy atom. The number of ether oxygens (including phenoxy) is 1. The summed E-state index contributed by atoms with van der Waals surface area (Å²) in [5.41, 5.74) is 3.26. The number of nitrogens with one attached hydrogen (secondary N) is 2. The van der Waals surface area contributed by atoms with Gasteiger partial charge in [-0.1, -0.05) is 37.3 Å². The summed E-state index contributed by atoms with van der Waals surface area (Å²) in [6, 6.07) is 13.5. The van der Waals surface area contributed by atoms with Crippen molar-refractivity contribution in [1.29, 1.82) is 0 Å². The summed E-state index contributed by atoms with van der Waals surface area (Å²) in [4.78, 5) is 9.15. The number of hydrogen-bond acceptors (Lipinski definition) is 8. The van der Waals surface area contributed by atoms with Gasteiger partial charge in [0, 0.05) is 12.1 Å². The van der Waals surface area contributed by atoms with Crippen LogP contribution in [0.4, 0.5) is 22.3 Å². The Morgan fingerprint density at radius 2 is 1.82 bits per heavy atom. The first-order chi connectivity index (χ1) is 13.6. The van der Waals surface area contributed by atoms with Crippen LogP contribution in [0.2, 0.25) is 0 Å². The van der Waals surface area contributed by atoms with Crippen LogP contribution >= 0.6 is 11.3 Å². The topological polar surface area (TPSA) is 84.9 Å². The van der Waals surface area contributed by atoms with E-state index in [1.807, 2.05) is 42.5 Å². The first-order valence-electron chi connectivity index (χ1n) is 8.90. The second-order valence-corrected chi connectivity index (χ2v) is 7.48. The molecule has 28 heavy (non-hydrogen) atoms. The Balaban J connectivity index is 1.67. The molecule has 0 unspecified atom stereocenters. The summed E-state index contributed by atoms with van der Waals surface area (Å²) in [6.45, 7) is 4.19. The molecule has 3 aromatic heterocycles. The molecular formula is C20H20N6OS. The van der Waals surface area contributed by atoms with Gasteiger partial charge in [0.1, 0.15) is 22.1 Å². The van der Waals surface area contributed by atoms with E-state index >= 15 is 0 Å². The molecule has 2 N–H and O–H groups in total. The molecule has 0 saturated heterocycles. The minimum atomic E-state index is 0.346. The Labute approximate surface area is 166 Å². The van der Waals surface area contributed by atoms with Crippen LogP contribution in [0.5, 0.6) is 5.75 Å². The second-order valence-electron chi connectivity index (χ2n) is 6.47. The predicted octanol–water partition coefficient (Wildman–Crippen LogP) is 5.10. The van der Waals surface area contributed by atoms with Crippen molar-refractivity contribution in [2.24, 2.45) is 0 Å². The number of anilines is 4. The zero-order valence-corrected chi connectivity index (χ0v) is 16.6. The third-order valence-corrected chi connectivity index (χ3v) is 5.27. The van der Waals surface area contributed by atoms with Gasteiger partial charge in [-0.05, 0) is 30.3 Å². The van der Waals surface area contributed by atoms with E-state index in [0.717, 1.165) is 38.3 Å². The Morgan fingerprint density at radius 3 is 2.61 bits per heavy atom. The molecule has 0 saturated carbocycles. The fourth-order valence-corrected chi connectivity index (χ4v) is 3.47. The second kappa shape index (κ2) is 7.77. The van der Waals surface area contributed by atoms with E-state index in [2.05, 4.69) is 39.7 Å². The van der Waals surface area contributed by atoms with Crippen molar-refractivity contribution in [2.75, 3.05) is 17.7 Å². The van der Waals surface area contributed by atoms with Gasteiger partial charge in [0.25, 0.3) is 0 Å². The molecule has 8 heteroatoms. The molecule has 1 aromatic carbocycles. The van der Waals surface area contributed by atoms with E-state index in [1.54, 1.807) is 13.3 Å². The minimum absolute atomic E-state index is 0.346. The van der Waals surface area contributed by atoms with Crippen LogP contribution in [0, 0.1) is 0 Å². The summed E-state index contributed by atoms with van der Waals surface area (Å²) < 4.78 is 5.43. The van der Waals surface area contributed by atoms with Crippen LogP contribution in [0.1, 0.15) is 24.8 Å². The van der Waals surface area contributed by atoms with Gasteiger partial charge in [0.2, 0.25) is 5.13 Å². The van der Waals surface area contributed by atoms with Gasteiger partial charge in [-0.15, -0.1) is 10.2 Å². The minimum Gasteiger partial charge on any atom is -0.495 e. The number of nitrogens with zero attached hydrogens (tertiary/aromatic N) is 4. The summed E-state index contributed by atoms with van der Waals surface area (Å²) in [6.07, 6.45) is 1.76.